The monoisotopic (exact) mass is 323 g/mol. The van der Waals surface area contributed by atoms with Gasteiger partial charge in [0.1, 0.15) is 0 Å². The number of hydrogen-bond donors (Lipinski definition) is 1. The van der Waals surface area contributed by atoms with Crippen molar-refractivity contribution in [1.29, 1.82) is 0 Å². The van der Waals surface area contributed by atoms with Crippen molar-refractivity contribution in [3.8, 4) is 0 Å². The molecule has 0 fully saturated rings. The molecule has 1 N–H and O–H groups in total. The standard InChI is InChI=1S/C15H15BrClN/c1-11(13-5-3-7-15(17)9-13)18-10-12-4-2-6-14(16)8-12/h2-9,11,18H,10H2,1H3. The number of nitrogens with one attached hydrogen (secondary N) is 1. The van der Waals surface area contributed by atoms with Crippen molar-refractivity contribution in [1.82, 2.24) is 5.32 Å². The maximum atomic E-state index is 5.99. The molecule has 0 aliphatic heterocycles. The average Bonchev–Trinajstić information content (AvgIpc) is 2.36. The van der Waals surface area contributed by atoms with E-state index in [9.17, 15) is 0 Å². The van der Waals surface area contributed by atoms with Gasteiger partial charge in [0.05, 0.1) is 0 Å². The Kier molecular flexibility index (Phi) is 4.81. The summed E-state index contributed by atoms with van der Waals surface area (Å²) in [5, 5.41) is 4.27. The normalized spacial score (nSPS) is 12.4. The van der Waals surface area contributed by atoms with Crippen molar-refractivity contribution in [2.75, 3.05) is 0 Å². The molecule has 2 aromatic rings. The van der Waals surface area contributed by atoms with Gasteiger partial charge < -0.3 is 5.32 Å². The van der Waals surface area contributed by atoms with E-state index in [1.807, 2.05) is 30.3 Å². The molecule has 0 aliphatic carbocycles. The smallest absolute Gasteiger partial charge is 0.0409 e. The van der Waals surface area contributed by atoms with Crippen LogP contribution in [0.2, 0.25) is 5.02 Å². The Morgan fingerprint density at radius 2 is 1.94 bits per heavy atom. The van der Waals surface area contributed by atoms with Gasteiger partial charge in [-0.2, -0.15) is 0 Å². The fourth-order valence-electron chi connectivity index (χ4n) is 1.81. The molecule has 0 heterocycles. The average molecular weight is 325 g/mol. The van der Waals surface area contributed by atoms with Crippen LogP contribution in [-0.4, -0.2) is 0 Å². The zero-order chi connectivity index (χ0) is 13.0. The SMILES string of the molecule is CC(NCc1cccc(Br)c1)c1cccc(Cl)c1. The molecule has 0 radical (unpaired) electrons. The lowest BCUT2D eigenvalue weighted by Crippen LogP contribution is -2.17. The maximum Gasteiger partial charge on any atom is 0.0409 e. The second kappa shape index (κ2) is 6.37. The van der Waals surface area contributed by atoms with Gasteiger partial charge in [-0.25, -0.2) is 0 Å². The minimum atomic E-state index is 0.280. The molecule has 1 atom stereocenters. The van der Waals surface area contributed by atoms with E-state index in [-0.39, 0.29) is 6.04 Å². The van der Waals surface area contributed by atoms with E-state index in [1.54, 1.807) is 0 Å². The van der Waals surface area contributed by atoms with Gasteiger partial charge in [0, 0.05) is 22.1 Å². The Morgan fingerprint density at radius 1 is 1.17 bits per heavy atom. The van der Waals surface area contributed by atoms with E-state index in [0.717, 1.165) is 16.0 Å². The van der Waals surface area contributed by atoms with Crippen LogP contribution >= 0.6 is 27.5 Å². The summed E-state index contributed by atoms with van der Waals surface area (Å²) in [5.74, 6) is 0. The van der Waals surface area contributed by atoms with E-state index in [2.05, 4.69) is 46.4 Å². The molecule has 0 aliphatic rings. The van der Waals surface area contributed by atoms with Crippen LogP contribution in [0.5, 0.6) is 0 Å². The van der Waals surface area contributed by atoms with Gasteiger partial charge in [0.2, 0.25) is 0 Å². The second-order valence-electron chi connectivity index (χ2n) is 4.29. The van der Waals surface area contributed by atoms with Crippen molar-refractivity contribution >= 4 is 27.5 Å². The molecule has 0 saturated carbocycles. The molecule has 2 rings (SSSR count). The Bertz CT molecular complexity index is 527. The van der Waals surface area contributed by atoms with Crippen molar-refractivity contribution in [2.24, 2.45) is 0 Å². The van der Waals surface area contributed by atoms with E-state index < -0.39 is 0 Å². The minimum Gasteiger partial charge on any atom is -0.306 e. The molecule has 0 amide bonds. The quantitative estimate of drug-likeness (QED) is 0.838. The Morgan fingerprint density at radius 3 is 2.67 bits per heavy atom. The highest BCUT2D eigenvalue weighted by Gasteiger charge is 2.05. The Labute approximate surface area is 121 Å². The van der Waals surface area contributed by atoms with Gasteiger partial charge in [0.15, 0.2) is 0 Å². The predicted molar refractivity (Wildman–Crippen MR) is 80.8 cm³/mol. The molecule has 0 bridgehead atoms. The summed E-state index contributed by atoms with van der Waals surface area (Å²) in [7, 11) is 0. The van der Waals surface area contributed by atoms with Crippen molar-refractivity contribution in [2.45, 2.75) is 19.5 Å². The van der Waals surface area contributed by atoms with E-state index in [4.69, 9.17) is 11.6 Å². The second-order valence-corrected chi connectivity index (χ2v) is 5.64. The summed E-state index contributed by atoms with van der Waals surface area (Å²) in [6.07, 6.45) is 0. The van der Waals surface area contributed by atoms with Gasteiger partial charge in [-0.15, -0.1) is 0 Å². The molecule has 0 spiro atoms. The Balaban J connectivity index is 1.98. The summed E-state index contributed by atoms with van der Waals surface area (Å²) in [5.41, 5.74) is 2.47. The van der Waals surface area contributed by atoms with Crippen LogP contribution in [0.15, 0.2) is 53.0 Å². The molecule has 2 aromatic carbocycles. The lowest BCUT2D eigenvalue weighted by molar-refractivity contribution is 0.574. The number of benzene rings is 2. The number of rotatable bonds is 4. The highest BCUT2D eigenvalue weighted by Crippen LogP contribution is 2.18. The molecule has 0 saturated heterocycles. The van der Waals surface area contributed by atoms with Crippen LogP contribution in [0.4, 0.5) is 0 Å². The molecule has 94 valence electrons. The van der Waals surface area contributed by atoms with Crippen LogP contribution in [-0.2, 0) is 6.54 Å². The summed E-state index contributed by atoms with van der Waals surface area (Å²) in [6.45, 7) is 2.98. The highest BCUT2D eigenvalue weighted by atomic mass is 79.9. The van der Waals surface area contributed by atoms with Crippen molar-refractivity contribution in [3.05, 3.63) is 69.2 Å². The molecule has 0 aromatic heterocycles. The third-order valence-corrected chi connectivity index (χ3v) is 3.58. The first-order valence-electron chi connectivity index (χ1n) is 5.88. The van der Waals surface area contributed by atoms with Gasteiger partial charge >= 0.3 is 0 Å². The third kappa shape index (κ3) is 3.84. The van der Waals surface area contributed by atoms with Crippen LogP contribution in [0.3, 0.4) is 0 Å². The van der Waals surface area contributed by atoms with Crippen LogP contribution in [0.25, 0.3) is 0 Å². The predicted octanol–water partition coefficient (Wildman–Crippen LogP) is 4.95. The Hall–Kier alpha value is -0.830. The fraction of sp³-hybridized carbons (Fsp3) is 0.200. The van der Waals surface area contributed by atoms with Crippen molar-refractivity contribution < 1.29 is 0 Å². The maximum absolute atomic E-state index is 5.99. The van der Waals surface area contributed by atoms with Crippen LogP contribution in [0.1, 0.15) is 24.1 Å². The summed E-state index contributed by atoms with van der Waals surface area (Å²) in [6, 6.07) is 16.6. The van der Waals surface area contributed by atoms with Gasteiger partial charge in [0.25, 0.3) is 0 Å². The first-order chi connectivity index (χ1) is 8.65. The van der Waals surface area contributed by atoms with E-state index in [0.29, 0.717) is 0 Å². The first kappa shape index (κ1) is 13.6. The number of hydrogen-bond acceptors (Lipinski definition) is 1. The fourth-order valence-corrected chi connectivity index (χ4v) is 2.46. The number of halogens is 2. The highest BCUT2D eigenvalue weighted by molar-refractivity contribution is 9.10. The van der Waals surface area contributed by atoms with Gasteiger partial charge in [-0.3, -0.25) is 0 Å². The van der Waals surface area contributed by atoms with Crippen LogP contribution < -0.4 is 5.32 Å². The molecule has 1 unspecified atom stereocenters. The van der Waals surface area contributed by atoms with E-state index in [1.165, 1.54) is 11.1 Å². The first-order valence-corrected chi connectivity index (χ1v) is 7.05. The summed E-state index contributed by atoms with van der Waals surface area (Å²) >= 11 is 9.47. The zero-order valence-electron chi connectivity index (χ0n) is 10.2. The van der Waals surface area contributed by atoms with Crippen LogP contribution in [0, 0.1) is 0 Å². The third-order valence-electron chi connectivity index (χ3n) is 2.85. The summed E-state index contributed by atoms with van der Waals surface area (Å²) in [4.78, 5) is 0. The molecule has 3 heteroatoms. The minimum absolute atomic E-state index is 0.280. The topological polar surface area (TPSA) is 12.0 Å². The van der Waals surface area contributed by atoms with Crippen molar-refractivity contribution in [3.63, 3.8) is 0 Å². The van der Waals surface area contributed by atoms with Gasteiger partial charge in [-0.1, -0.05) is 51.8 Å². The summed E-state index contributed by atoms with van der Waals surface area (Å²) < 4.78 is 1.11. The molecular formula is C15H15BrClN. The van der Waals surface area contributed by atoms with E-state index >= 15 is 0 Å². The van der Waals surface area contributed by atoms with Gasteiger partial charge in [-0.05, 0) is 42.3 Å². The molecule has 1 nitrogen and oxygen atoms in total. The largest absolute Gasteiger partial charge is 0.306 e. The lowest BCUT2D eigenvalue weighted by atomic mass is 10.1. The molecule has 18 heavy (non-hydrogen) atoms. The lowest BCUT2D eigenvalue weighted by Gasteiger charge is -2.14. The molecular weight excluding hydrogens is 310 g/mol. The zero-order valence-corrected chi connectivity index (χ0v) is 12.5.